The first-order valence-corrected chi connectivity index (χ1v) is 10.5. The molecule has 0 aliphatic heterocycles. The minimum absolute atomic E-state index is 0.131. The van der Waals surface area contributed by atoms with Gasteiger partial charge in [-0.15, -0.1) is 0 Å². The van der Waals surface area contributed by atoms with Gasteiger partial charge in [0.25, 0.3) is 5.91 Å². The Morgan fingerprint density at radius 3 is 2.61 bits per heavy atom. The van der Waals surface area contributed by atoms with Crippen molar-refractivity contribution in [2.45, 2.75) is 54.4 Å². The lowest BCUT2D eigenvalue weighted by atomic mass is 10.0. The van der Waals surface area contributed by atoms with E-state index in [1.54, 1.807) is 0 Å². The maximum atomic E-state index is 12.8. The van der Waals surface area contributed by atoms with Gasteiger partial charge in [0.05, 0.1) is 11.4 Å². The topological polar surface area (TPSA) is 59.8 Å². The summed E-state index contributed by atoms with van der Waals surface area (Å²) in [6.45, 7) is 12.5. The van der Waals surface area contributed by atoms with E-state index in [0.717, 1.165) is 46.3 Å². The van der Waals surface area contributed by atoms with Crippen molar-refractivity contribution >= 4 is 22.9 Å². The number of amides is 1. The van der Waals surface area contributed by atoms with Crippen LogP contribution >= 0.6 is 11.3 Å². The molecule has 1 amide bonds. The summed E-state index contributed by atoms with van der Waals surface area (Å²) in [6.07, 6.45) is 2.15. The minimum atomic E-state index is -0.131. The van der Waals surface area contributed by atoms with Crippen LogP contribution in [0, 0.1) is 33.6 Å². The summed E-state index contributed by atoms with van der Waals surface area (Å²) in [6, 6.07) is 7.79. The second-order valence-corrected chi connectivity index (χ2v) is 8.71. The molecule has 3 rings (SSSR count). The van der Waals surface area contributed by atoms with Crippen molar-refractivity contribution in [2.24, 2.45) is 5.92 Å². The van der Waals surface area contributed by atoms with Gasteiger partial charge in [-0.3, -0.25) is 4.79 Å². The van der Waals surface area contributed by atoms with Gasteiger partial charge in [-0.05, 0) is 69.7 Å². The van der Waals surface area contributed by atoms with Crippen LogP contribution in [0.2, 0.25) is 0 Å². The number of carbonyl (C=O) groups excluding carboxylic acids is 1. The summed E-state index contributed by atoms with van der Waals surface area (Å²) in [7, 11) is 0. The molecule has 5 nitrogen and oxygen atoms in total. The fourth-order valence-corrected chi connectivity index (χ4v) is 4.22. The molecular formula is C22H28N4OS. The third kappa shape index (κ3) is 4.33. The lowest BCUT2D eigenvalue weighted by molar-refractivity contribution is 0.103. The highest BCUT2D eigenvalue weighted by Gasteiger charge is 2.20. The maximum Gasteiger partial charge on any atom is 0.267 e. The molecule has 0 saturated heterocycles. The van der Waals surface area contributed by atoms with Crippen LogP contribution in [0.1, 0.15) is 58.1 Å². The molecule has 2 heterocycles. The zero-order valence-electron chi connectivity index (χ0n) is 17.5. The molecule has 1 N–H and O–H groups in total. The average Bonchev–Trinajstić information content (AvgIpc) is 3.13. The summed E-state index contributed by atoms with van der Waals surface area (Å²) in [4.78, 5) is 18.0. The van der Waals surface area contributed by atoms with Gasteiger partial charge in [-0.1, -0.05) is 37.3 Å². The number of hydrogen-bond acceptors (Lipinski definition) is 4. The molecule has 3 aromatic rings. The van der Waals surface area contributed by atoms with E-state index < -0.39 is 0 Å². The lowest BCUT2D eigenvalue weighted by Crippen LogP contribution is -2.11. The highest BCUT2D eigenvalue weighted by Crippen LogP contribution is 2.26. The molecular weight excluding hydrogens is 368 g/mol. The second-order valence-electron chi connectivity index (χ2n) is 7.73. The van der Waals surface area contributed by atoms with Gasteiger partial charge in [0.2, 0.25) is 5.13 Å². The van der Waals surface area contributed by atoms with Gasteiger partial charge in [0, 0.05) is 11.4 Å². The Bertz CT molecular complexity index is 1000. The molecule has 2 aromatic heterocycles. The third-order valence-electron chi connectivity index (χ3n) is 4.86. The number of carbonyl (C=O) groups is 1. The average molecular weight is 397 g/mol. The largest absolute Gasteiger partial charge is 0.321 e. The van der Waals surface area contributed by atoms with Gasteiger partial charge in [0.15, 0.2) is 0 Å². The summed E-state index contributed by atoms with van der Waals surface area (Å²) >= 11 is 1.38. The quantitative estimate of drug-likeness (QED) is 0.606. The lowest BCUT2D eigenvalue weighted by Gasteiger charge is -2.05. The van der Waals surface area contributed by atoms with Crippen LogP contribution in [0.3, 0.4) is 0 Å². The van der Waals surface area contributed by atoms with Crippen LogP contribution in [-0.2, 0) is 6.42 Å². The van der Waals surface area contributed by atoms with Gasteiger partial charge in [-0.2, -0.15) is 5.10 Å². The molecule has 1 aromatic carbocycles. The number of aryl methyl sites for hydroxylation is 3. The van der Waals surface area contributed by atoms with Crippen molar-refractivity contribution in [3.63, 3.8) is 0 Å². The molecule has 0 saturated carbocycles. The molecule has 0 bridgehead atoms. The highest BCUT2D eigenvalue weighted by atomic mass is 32.1. The van der Waals surface area contributed by atoms with E-state index in [2.05, 4.69) is 31.1 Å². The smallest absolute Gasteiger partial charge is 0.267 e. The molecule has 0 fully saturated rings. The number of nitrogens with zero attached hydrogens (tertiary/aromatic N) is 3. The molecule has 28 heavy (non-hydrogen) atoms. The standard InChI is InChI=1S/C22H28N4OS/c1-13(2)10-11-19-15(4)25-26(17(19)6)22-23-16(5)20(28-22)21(27)24-18-9-7-8-14(3)12-18/h7-9,12-13H,10-11H2,1-6H3,(H,24,27). The van der Waals surface area contributed by atoms with Crippen LogP contribution in [0.15, 0.2) is 24.3 Å². The van der Waals surface area contributed by atoms with Crippen LogP contribution in [0.25, 0.3) is 5.13 Å². The monoisotopic (exact) mass is 396 g/mol. The number of benzene rings is 1. The predicted octanol–water partition coefficient (Wildman–Crippen LogP) is 5.40. The van der Waals surface area contributed by atoms with E-state index in [0.29, 0.717) is 10.8 Å². The third-order valence-corrected chi connectivity index (χ3v) is 5.99. The Morgan fingerprint density at radius 1 is 1.18 bits per heavy atom. The van der Waals surface area contributed by atoms with Crippen LogP contribution < -0.4 is 5.32 Å². The fraction of sp³-hybridized carbons (Fsp3) is 0.409. The number of hydrogen-bond donors (Lipinski definition) is 1. The molecule has 0 atom stereocenters. The van der Waals surface area contributed by atoms with Crippen molar-refractivity contribution in [2.75, 3.05) is 5.32 Å². The first kappa shape index (κ1) is 20.3. The van der Waals surface area contributed by atoms with Crippen molar-refractivity contribution in [1.29, 1.82) is 0 Å². The van der Waals surface area contributed by atoms with Crippen molar-refractivity contribution < 1.29 is 4.79 Å². The number of aromatic nitrogens is 3. The molecule has 6 heteroatoms. The van der Waals surface area contributed by atoms with E-state index in [-0.39, 0.29) is 5.91 Å². The Balaban J connectivity index is 1.86. The Kier molecular flexibility index (Phi) is 5.98. The molecule has 0 spiro atoms. The van der Waals surface area contributed by atoms with E-state index in [1.165, 1.54) is 16.9 Å². The van der Waals surface area contributed by atoms with Gasteiger partial charge in [-0.25, -0.2) is 9.67 Å². The van der Waals surface area contributed by atoms with Crippen LogP contribution in [-0.4, -0.2) is 20.7 Å². The number of nitrogens with one attached hydrogen (secondary N) is 1. The number of anilines is 1. The normalized spacial score (nSPS) is 11.2. The Labute approximate surface area is 170 Å². The van der Waals surface area contributed by atoms with Gasteiger partial charge >= 0.3 is 0 Å². The maximum absolute atomic E-state index is 12.8. The molecule has 0 radical (unpaired) electrons. The van der Waals surface area contributed by atoms with Crippen molar-refractivity contribution in [3.05, 3.63) is 57.4 Å². The highest BCUT2D eigenvalue weighted by molar-refractivity contribution is 7.16. The van der Waals surface area contributed by atoms with E-state index in [1.807, 2.05) is 49.7 Å². The second kappa shape index (κ2) is 8.27. The van der Waals surface area contributed by atoms with E-state index in [4.69, 9.17) is 5.10 Å². The fourth-order valence-electron chi connectivity index (χ4n) is 3.25. The van der Waals surface area contributed by atoms with Crippen molar-refractivity contribution in [3.8, 4) is 5.13 Å². The first-order valence-electron chi connectivity index (χ1n) is 9.67. The molecule has 0 aliphatic carbocycles. The summed E-state index contributed by atoms with van der Waals surface area (Å²) < 4.78 is 1.88. The van der Waals surface area contributed by atoms with Crippen LogP contribution in [0.4, 0.5) is 5.69 Å². The van der Waals surface area contributed by atoms with E-state index >= 15 is 0 Å². The molecule has 0 aliphatic rings. The van der Waals surface area contributed by atoms with Crippen molar-refractivity contribution in [1.82, 2.24) is 14.8 Å². The van der Waals surface area contributed by atoms with Crippen LogP contribution in [0.5, 0.6) is 0 Å². The Morgan fingerprint density at radius 2 is 1.93 bits per heavy atom. The van der Waals surface area contributed by atoms with Gasteiger partial charge in [0.1, 0.15) is 4.88 Å². The minimum Gasteiger partial charge on any atom is -0.321 e. The zero-order chi connectivity index (χ0) is 20.4. The summed E-state index contributed by atoms with van der Waals surface area (Å²) in [5.74, 6) is 0.523. The summed E-state index contributed by atoms with van der Waals surface area (Å²) in [5.41, 5.74) is 6.06. The zero-order valence-corrected chi connectivity index (χ0v) is 18.3. The van der Waals surface area contributed by atoms with E-state index in [9.17, 15) is 4.79 Å². The molecule has 0 unspecified atom stereocenters. The SMILES string of the molecule is Cc1cccc(NC(=O)c2sc(-n3nc(C)c(CCC(C)C)c3C)nc2C)c1. The Hall–Kier alpha value is -2.47. The predicted molar refractivity (Wildman–Crippen MR) is 116 cm³/mol. The summed E-state index contributed by atoms with van der Waals surface area (Å²) in [5, 5.41) is 8.41. The number of thiazole rings is 1. The first-order chi connectivity index (χ1) is 13.3. The number of rotatable bonds is 6. The van der Waals surface area contributed by atoms with Gasteiger partial charge < -0.3 is 5.32 Å². The molecule has 148 valence electrons.